The summed E-state index contributed by atoms with van der Waals surface area (Å²) in [7, 11) is 0. The molecular weight excluding hydrogens is 334 g/mol. The number of hydrogen-bond acceptors (Lipinski definition) is 5. The van der Waals surface area contributed by atoms with Crippen LogP contribution < -0.4 is 0 Å². The molecule has 0 unspecified atom stereocenters. The molecule has 1 N–H and O–H groups in total. The molecule has 1 aliphatic heterocycles. The molecule has 136 valence electrons. The summed E-state index contributed by atoms with van der Waals surface area (Å²) in [5.74, 6) is -1.40. The van der Waals surface area contributed by atoms with Crippen LogP contribution in [-0.2, 0) is 0 Å². The van der Waals surface area contributed by atoms with Crippen LogP contribution in [0.3, 0.4) is 0 Å². The number of nitrogens with zero attached hydrogens (tertiary/aromatic N) is 4. The largest absolute Gasteiger partial charge is 0.305 e. The highest BCUT2D eigenvalue weighted by molar-refractivity contribution is 6.00. The van der Waals surface area contributed by atoms with Crippen LogP contribution in [0.25, 0.3) is 0 Å². The van der Waals surface area contributed by atoms with Crippen molar-refractivity contribution in [2.24, 2.45) is 17.3 Å². The average molecular weight is 357 g/mol. The third-order valence-corrected chi connectivity index (χ3v) is 5.99. The molecule has 3 atom stereocenters. The number of nitrogens with one attached hydrogen (secondary N) is 1. The van der Waals surface area contributed by atoms with Gasteiger partial charge in [-0.2, -0.15) is 15.8 Å². The number of rotatable bonds is 2. The van der Waals surface area contributed by atoms with Crippen LogP contribution in [0.5, 0.6) is 0 Å². The Morgan fingerprint density at radius 1 is 1.15 bits per heavy atom. The molecule has 0 spiro atoms. The lowest BCUT2D eigenvalue weighted by Gasteiger charge is -2.48. The van der Waals surface area contributed by atoms with Gasteiger partial charge in [-0.3, -0.25) is 4.90 Å². The molecule has 0 amide bonds. The second-order valence-corrected chi connectivity index (χ2v) is 7.75. The van der Waals surface area contributed by atoms with Gasteiger partial charge in [-0.1, -0.05) is 35.9 Å². The molecule has 1 aliphatic carbocycles. The lowest BCUT2D eigenvalue weighted by molar-refractivity contribution is 0.171. The third-order valence-electron chi connectivity index (χ3n) is 5.99. The van der Waals surface area contributed by atoms with Gasteiger partial charge in [-0.05, 0) is 31.9 Å². The van der Waals surface area contributed by atoms with E-state index < -0.39 is 17.3 Å². The molecule has 3 rings (SSSR count). The highest BCUT2D eigenvalue weighted by Gasteiger charge is 2.57. The standard InChI is InChI=1S/C22H23N5/c1-14(2)27-9-8-17-18(10-23)21(26)22(12-24,13-25)20(19(17)11-27)16-6-4-15(3)5-7-16/h4-8,14,18-20,26H,9,11H2,1-3H3/t18-,19+,20+/m0/s1. The van der Waals surface area contributed by atoms with Crippen molar-refractivity contribution in [3.8, 4) is 18.2 Å². The number of nitriles is 3. The summed E-state index contributed by atoms with van der Waals surface area (Å²) in [5, 5.41) is 38.4. The van der Waals surface area contributed by atoms with Crippen LogP contribution in [0.1, 0.15) is 30.9 Å². The van der Waals surface area contributed by atoms with Crippen molar-refractivity contribution in [3.05, 3.63) is 47.0 Å². The van der Waals surface area contributed by atoms with Gasteiger partial charge in [-0.15, -0.1) is 0 Å². The number of aryl methyl sites for hydroxylation is 1. The highest BCUT2D eigenvalue weighted by atomic mass is 15.2. The fourth-order valence-electron chi connectivity index (χ4n) is 4.40. The van der Waals surface area contributed by atoms with Crippen molar-refractivity contribution >= 4 is 5.71 Å². The van der Waals surface area contributed by atoms with Gasteiger partial charge >= 0.3 is 0 Å². The SMILES string of the molecule is Cc1ccc([C@@H]2[C@@H]3CN(C(C)C)CC=C3[C@H](C#N)C(=N)C2(C#N)C#N)cc1. The Morgan fingerprint density at radius 2 is 1.78 bits per heavy atom. The zero-order chi connectivity index (χ0) is 19.8. The van der Waals surface area contributed by atoms with E-state index in [0.29, 0.717) is 12.6 Å². The first-order valence-corrected chi connectivity index (χ1v) is 9.21. The topological polar surface area (TPSA) is 98.5 Å². The van der Waals surface area contributed by atoms with Gasteiger partial charge < -0.3 is 5.41 Å². The van der Waals surface area contributed by atoms with Crippen molar-refractivity contribution in [1.82, 2.24) is 4.90 Å². The molecule has 1 heterocycles. The third kappa shape index (κ3) is 2.84. The summed E-state index contributed by atoms with van der Waals surface area (Å²) < 4.78 is 0. The first-order valence-electron chi connectivity index (χ1n) is 9.21. The number of hydrogen-bond donors (Lipinski definition) is 1. The lowest BCUT2D eigenvalue weighted by atomic mass is 9.54. The molecular formula is C22H23N5. The van der Waals surface area contributed by atoms with Crippen LogP contribution >= 0.6 is 0 Å². The predicted molar refractivity (Wildman–Crippen MR) is 103 cm³/mol. The van der Waals surface area contributed by atoms with E-state index in [1.54, 1.807) is 0 Å². The van der Waals surface area contributed by atoms with E-state index in [9.17, 15) is 15.8 Å². The Labute approximate surface area is 160 Å². The molecule has 0 saturated heterocycles. The maximum atomic E-state index is 10.0. The number of fused-ring (bicyclic) bond motifs is 1. The van der Waals surface area contributed by atoms with Crippen LogP contribution in [-0.4, -0.2) is 29.7 Å². The van der Waals surface area contributed by atoms with Gasteiger partial charge in [0, 0.05) is 31.0 Å². The Bertz CT molecular complexity index is 890. The fourth-order valence-corrected chi connectivity index (χ4v) is 4.40. The molecule has 1 aromatic rings. The van der Waals surface area contributed by atoms with Gasteiger partial charge in [0.1, 0.15) is 5.92 Å². The summed E-state index contributed by atoms with van der Waals surface area (Å²) >= 11 is 0. The van der Waals surface area contributed by atoms with E-state index in [-0.39, 0.29) is 11.6 Å². The summed E-state index contributed by atoms with van der Waals surface area (Å²) in [6.45, 7) is 7.63. The van der Waals surface area contributed by atoms with Gasteiger partial charge in [0.05, 0.1) is 23.9 Å². The smallest absolute Gasteiger partial charge is 0.189 e. The van der Waals surface area contributed by atoms with Gasteiger partial charge in [-0.25, -0.2) is 0 Å². The van der Waals surface area contributed by atoms with E-state index in [1.807, 2.05) is 37.3 Å². The van der Waals surface area contributed by atoms with Crippen LogP contribution in [0.4, 0.5) is 0 Å². The molecule has 1 fully saturated rings. The molecule has 27 heavy (non-hydrogen) atoms. The fraction of sp³-hybridized carbons (Fsp3) is 0.455. The zero-order valence-corrected chi connectivity index (χ0v) is 15.9. The first kappa shape index (κ1) is 18.8. The minimum atomic E-state index is -1.63. The molecule has 2 aliphatic rings. The van der Waals surface area contributed by atoms with Crippen molar-refractivity contribution in [3.63, 3.8) is 0 Å². The van der Waals surface area contributed by atoms with Crippen LogP contribution in [0.15, 0.2) is 35.9 Å². The van der Waals surface area contributed by atoms with E-state index in [0.717, 1.165) is 23.2 Å². The maximum Gasteiger partial charge on any atom is 0.189 e. The van der Waals surface area contributed by atoms with E-state index >= 15 is 0 Å². The minimum absolute atomic E-state index is 0.0823. The highest BCUT2D eigenvalue weighted by Crippen LogP contribution is 2.53. The Hall–Kier alpha value is -2.94. The molecule has 0 radical (unpaired) electrons. The monoisotopic (exact) mass is 357 g/mol. The Morgan fingerprint density at radius 3 is 2.30 bits per heavy atom. The second-order valence-electron chi connectivity index (χ2n) is 7.75. The van der Waals surface area contributed by atoms with Crippen molar-refractivity contribution in [2.75, 3.05) is 13.1 Å². The Kier molecular flexibility index (Phi) is 4.88. The zero-order valence-electron chi connectivity index (χ0n) is 15.9. The summed E-state index contributed by atoms with van der Waals surface area (Å²) in [4.78, 5) is 2.29. The van der Waals surface area contributed by atoms with E-state index in [1.165, 1.54) is 0 Å². The first-order chi connectivity index (χ1) is 12.9. The molecule has 1 saturated carbocycles. The molecule has 0 bridgehead atoms. The summed E-state index contributed by atoms with van der Waals surface area (Å²) in [6.07, 6.45) is 2.04. The second kappa shape index (κ2) is 6.99. The normalized spacial score (nSPS) is 27.1. The van der Waals surface area contributed by atoms with E-state index in [2.05, 4.69) is 37.0 Å². The maximum absolute atomic E-state index is 10.0. The van der Waals surface area contributed by atoms with Gasteiger partial charge in [0.2, 0.25) is 0 Å². The lowest BCUT2D eigenvalue weighted by Crippen LogP contribution is -2.53. The van der Waals surface area contributed by atoms with Crippen molar-refractivity contribution < 1.29 is 0 Å². The molecule has 1 aromatic carbocycles. The van der Waals surface area contributed by atoms with Gasteiger partial charge in [0.15, 0.2) is 5.41 Å². The molecule has 5 heteroatoms. The average Bonchev–Trinajstić information content (AvgIpc) is 2.67. The van der Waals surface area contributed by atoms with Crippen LogP contribution in [0, 0.1) is 63.6 Å². The van der Waals surface area contributed by atoms with Crippen molar-refractivity contribution in [1.29, 1.82) is 21.2 Å². The Balaban J connectivity index is 2.23. The molecule has 0 aromatic heterocycles. The van der Waals surface area contributed by atoms with Crippen molar-refractivity contribution in [2.45, 2.75) is 32.7 Å². The quantitative estimate of drug-likeness (QED) is 0.818. The van der Waals surface area contributed by atoms with Gasteiger partial charge in [0.25, 0.3) is 0 Å². The predicted octanol–water partition coefficient (Wildman–Crippen LogP) is 3.55. The molecule has 5 nitrogen and oxygen atoms in total. The minimum Gasteiger partial charge on any atom is -0.305 e. The van der Waals surface area contributed by atoms with Crippen LogP contribution in [0.2, 0.25) is 0 Å². The number of benzene rings is 1. The summed E-state index contributed by atoms with van der Waals surface area (Å²) in [6, 6.07) is 14.6. The van der Waals surface area contributed by atoms with E-state index in [4.69, 9.17) is 5.41 Å². The summed E-state index contributed by atoms with van der Waals surface area (Å²) in [5.41, 5.74) is 1.17.